The smallest absolute Gasteiger partial charge is 0.173 e. The van der Waals surface area contributed by atoms with Crippen LogP contribution in [0.2, 0.25) is 38.3 Å². The molecule has 23 heavy (non-hydrogen) atoms. The zero-order valence-corrected chi connectivity index (χ0v) is 18.3. The standard InChI is InChI=1S/C19H36O2Si2/c1-8-9-14-22(4,5)21-23(6,7)15-10-11-18-13-12-17(2)19(16-18)20-3/h12-13,16H,8-11,14-15H2,1-7H3. The molecule has 0 saturated heterocycles. The van der Waals surface area contributed by atoms with E-state index in [1.807, 2.05) is 0 Å². The minimum atomic E-state index is -1.54. The highest BCUT2D eigenvalue weighted by Gasteiger charge is 2.31. The SMILES string of the molecule is CCCC[Si](C)(C)O[Si](C)(C)CCCc1ccc(C)c(OC)c1. The molecule has 0 heterocycles. The van der Waals surface area contributed by atoms with E-state index < -0.39 is 16.6 Å². The summed E-state index contributed by atoms with van der Waals surface area (Å²) in [5.41, 5.74) is 2.58. The fraction of sp³-hybridized carbons (Fsp3) is 0.684. The normalized spacial score (nSPS) is 12.5. The number of rotatable bonds is 10. The van der Waals surface area contributed by atoms with E-state index in [0.717, 1.165) is 12.2 Å². The summed E-state index contributed by atoms with van der Waals surface area (Å²) in [5.74, 6) is 1.00. The second-order valence-electron chi connectivity index (χ2n) is 7.88. The summed E-state index contributed by atoms with van der Waals surface area (Å²) < 4.78 is 12.1. The van der Waals surface area contributed by atoms with Crippen LogP contribution in [0, 0.1) is 6.92 Å². The van der Waals surface area contributed by atoms with E-state index in [1.165, 1.54) is 42.5 Å². The molecule has 0 atom stereocenters. The minimum absolute atomic E-state index is 1.00. The molecule has 132 valence electrons. The molecule has 0 aliphatic heterocycles. The lowest BCUT2D eigenvalue weighted by atomic mass is 10.1. The number of ether oxygens (including phenoxy) is 1. The number of hydrogen-bond acceptors (Lipinski definition) is 2. The summed E-state index contributed by atoms with van der Waals surface area (Å²) in [5, 5.41) is 0. The van der Waals surface area contributed by atoms with Crippen LogP contribution in [0.15, 0.2) is 18.2 Å². The predicted molar refractivity (Wildman–Crippen MR) is 107 cm³/mol. The van der Waals surface area contributed by atoms with Gasteiger partial charge in [-0.25, -0.2) is 0 Å². The Labute approximate surface area is 145 Å². The van der Waals surface area contributed by atoms with Gasteiger partial charge in [0.15, 0.2) is 16.6 Å². The minimum Gasteiger partial charge on any atom is -0.496 e. The molecule has 0 aliphatic carbocycles. The first-order chi connectivity index (χ1) is 10.7. The average molecular weight is 353 g/mol. The molecule has 0 saturated carbocycles. The van der Waals surface area contributed by atoms with E-state index in [2.05, 4.69) is 58.2 Å². The highest BCUT2D eigenvalue weighted by Crippen LogP contribution is 2.26. The van der Waals surface area contributed by atoms with Crippen LogP contribution in [0.25, 0.3) is 0 Å². The lowest BCUT2D eigenvalue weighted by Crippen LogP contribution is -2.44. The van der Waals surface area contributed by atoms with Gasteiger partial charge in [-0.3, -0.25) is 0 Å². The maximum atomic E-state index is 6.68. The molecule has 4 heteroatoms. The van der Waals surface area contributed by atoms with Crippen LogP contribution in [-0.2, 0) is 10.5 Å². The van der Waals surface area contributed by atoms with Crippen LogP contribution in [0.3, 0.4) is 0 Å². The van der Waals surface area contributed by atoms with Crippen LogP contribution < -0.4 is 4.74 Å². The van der Waals surface area contributed by atoms with Crippen molar-refractivity contribution in [2.45, 2.75) is 77.8 Å². The van der Waals surface area contributed by atoms with Crippen molar-refractivity contribution in [1.29, 1.82) is 0 Å². The lowest BCUT2D eigenvalue weighted by molar-refractivity contribution is 0.411. The molecule has 1 aromatic carbocycles. The van der Waals surface area contributed by atoms with Gasteiger partial charge < -0.3 is 8.85 Å². The van der Waals surface area contributed by atoms with E-state index in [9.17, 15) is 0 Å². The van der Waals surface area contributed by atoms with E-state index in [4.69, 9.17) is 8.85 Å². The van der Waals surface area contributed by atoms with Crippen LogP contribution in [0.5, 0.6) is 5.75 Å². The Morgan fingerprint density at radius 2 is 1.57 bits per heavy atom. The third-order valence-corrected chi connectivity index (χ3v) is 11.9. The second-order valence-corrected chi connectivity index (χ2v) is 16.7. The second kappa shape index (κ2) is 9.04. The van der Waals surface area contributed by atoms with E-state index >= 15 is 0 Å². The molecule has 0 radical (unpaired) electrons. The Kier molecular flexibility index (Phi) is 8.04. The van der Waals surface area contributed by atoms with Crippen LogP contribution >= 0.6 is 0 Å². The quantitative estimate of drug-likeness (QED) is 0.469. The molecule has 0 fully saturated rings. The van der Waals surface area contributed by atoms with Gasteiger partial charge in [0.05, 0.1) is 7.11 Å². The molecular weight excluding hydrogens is 316 g/mol. The predicted octanol–water partition coefficient (Wildman–Crippen LogP) is 6.16. The van der Waals surface area contributed by atoms with E-state index in [-0.39, 0.29) is 0 Å². The molecule has 1 rings (SSSR count). The van der Waals surface area contributed by atoms with Gasteiger partial charge in [0.25, 0.3) is 0 Å². The zero-order chi connectivity index (χ0) is 17.5. The van der Waals surface area contributed by atoms with Gasteiger partial charge in [-0.15, -0.1) is 0 Å². The first kappa shape index (κ1) is 20.5. The van der Waals surface area contributed by atoms with Crippen molar-refractivity contribution < 1.29 is 8.85 Å². The maximum Gasteiger partial charge on any atom is 0.173 e. The molecular formula is C19H36O2Si2. The van der Waals surface area contributed by atoms with Gasteiger partial charge in [-0.05, 0) is 75.2 Å². The Balaban J connectivity index is 2.50. The molecule has 0 N–H and O–H groups in total. The number of methoxy groups -OCH3 is 1. The topological polar surface area (TPSA) is 18.5 Å². The van der Waals surface area contributed by atoms with Gasteiger partial charge in [-0.1, -0.05) is 31.9 Å². The van der Waals surface area contributed by atoms with Crippen LogP contribution in [0.1, 0.15) is 37.3 Å². The van der Waals surface area contributed by atoms with Crippen LogP contribution in [-0.4, -0.2) is 23.7 Å². The number of benzene rings is 1. The Bertz CT molecular complexity index is 484. The van der Waals surface area contributed by atoms with Crippen molar-refractivity contribution in [1.82, 2.24) is 0 Å². The summed E-state index contributed by atoms with van der Waals surface area (Å²) in [6.07, 6.45) is 4.92. The lowest BCUT2D eigenvalue weighted by Gasteiger charge is -2.34. The van der Waals surface area contributed by atoms with E-state index in [0.29, 0.717) is 0 Å². The van der Waals surface area contributed by atoms with Gasteiger partial charge in [0.1, 0.15) is 5.75 Å². The molecule has 1 aromatic rings. The fourth-order valence-corrected chi connectivity index (χ4v) is 12.2. The van der Waals surface area contributed by atoms with Crippen molar-refractivity contribution in [3.63, 3.8) is 0 Å². The van der Waals surface area contributed by atoms with Gasteiger partial charge in [0, 0.05) is 0 Å². The Morgan fingerprint density at radius 1 is 0.957 bits per heavy atom. The Hall–Kier alpha value is -0.586. The van der Waals surface area contributed by atoms with Crippen molar-refractivity contribution >= 4 is 16.6 Å². The average Bonchev–Trinajstić information content (AvgIpc) is 2.45. The maximum absolute atomic E-state index is 6.68. The van der Waals surface area contributed by atoms with Gasteiger partial charge in [-0.2, -0.15) is 0 Å². The third-order valence-electron chi connectivity index (χ3n) is 4.40. The summed E-state index contributed by atoms with van der Waals surface area (Å²) in [6.45, 7) is 13.9. The highest BCUT2D eigenvalue weighted by atomic mass is 28.4. The number of hydrogen-bond donors (Lipinski definition) is 0. The van der Waals surface area contributed by atoms with Gasteiger partial charge in [0.2, 0.25) is 0 Å². The molecule has 0 spiro atoms. The molecule has 0 unspecified atom stereocenters. The summed E-state index contributed by atoms with van der Waals surface area (Å²) in [4.78, 5) is 0. The molecule has 2 nitrogen and oxygen atoms in total. The first-order valence-electron chi connectivity index (χ1n) is 9.03. The zero-order valence-electron chi connectivity index (χ0n) is 16.3. The van der Waals surface area contributed by atoms with Crippen molar-refractivity contribution in [3.05, 3.63) is 29.3 Å². The Morgan fingerprint density at radius 3 is 2.13 bits per heavy atom. The molecule has 0 aromatic heterocycles. The third kappa shape index (κ3) is 7.68. The summed E-state index contributed by atoms with van der Waals surface area (Å²) >= 11 is 0. The number of aryl methyl sites for hydroxylation is 2. The van der Waals surface area contributed by atoms with Crippen molar-refractivity contribution in [2.75, 3.05) is 7.11 Å². The molecule has 0 amide bonds. The monoisotopic (exact) mass is 352 g/mol. The summed E-state index contributed by atoms with van der Waals surface area (Å²) in [6, 6.07) is 9.12. The first-order valence-corrected chi connectivity index (χ1v) is 15.3. The van der Waals surface area contributed by atoms with Crippen molar-refractivity contribution in [2.24, 2.45) is 0 Å². The molecule has 0 bridgehead atoms. The van der Waals surface area contributed by atoms with Crippen LogP contribution in [0.4, 0.5) is 0 Å². The fourth-order valence-electron chi connectivity index (χ4n) is 3.19. The largest absolute Gasteiger partial charge is 0.496 e. The van der Waals surface area contributed by atoms with E-state index in [1.54, 1.807) is 7.11 Å². The molecule has 0 aliphatic rings. The van der Waals surface area contributed by atoms with Crippen molar-refractivity contribution in [3.8, 4) is 5.75 Å². The highest BCUT2D eigenvalue weighted by molar-refractivity contribution is 6.84. The van der Waals surface area contributed by atoms with Gasteiger partial charge >= 0.3 is 0 Å². The summed E-state index contributed by atoms with van der Waals surface area (Å²) in [7, 11) is -1.27. The number of unbranched alkanes of at least 4 members (excludes halogenated alkanes) is 1.